The third-order valence-corrected chi connectivity index (χ3v) is 3.04. The molecule has 0 aliphatic rings. The molecule has 4 heteroatoms. The number of hydrogen-bond acceptors (Lipinski definition) is 4. The van der Waals surface area contributed by atoms with E-state index >= 15 is 0 Å². The molecule has 2 rings (SSSR count). The number of Topliss-reactive ketones (excluding diaryl/α,β-unsaturated/α-hetero) is 1. The van der Waals surface area contributed by atoms with Crippen molar-refractivity contribution in [3.8, 4) is 0 Å². The first-order valence-corrected chi connectivity index (χ1v) is 6.38. The van der Waals surface area contributed by atoms with Crippen LogP contribution >= 0.6 is 0 Å². The number of ketones is 1. The molecule has 0 radical (unpaired) electrons. The third-order valence-electron chi connectivity index (χ3n) is 3.04. The van der Waals surface area contributed by atoms with E-state index in [9.17, 15) is 4.79 Å². The van der Waals surface area contributed by atoms with Crippen LogP contribution in [0.25, 0.3) is 0 Å². The molecule has 4 nitrogen and oxygen atoms in total. The summed E-state index contributed by atoms with van der Waals surface area (Å²) >= 11 is 0. The number of aromatic nitrogens is 3. The van der Waals surface area contributed by atoms with Crippen LogP contribution in [-0.4, -0.2) is 21.0 Å². The van der Waals surface area contributed by atoms with Gasteiger partial charge in [-0.25, -0.2) is 0 Å². The maximum absolute atomic E-state index is 12.2. The number of carbonyl (C=O) groups is 1. The quantitative estimate of drug-likeness (QED) is 0.787. The molecule has 0 amide bonds. The summed E-state index contributed by atoms with van der Waals surface area (Å²) < 4.78 is 0. The Bertz CT molecular complexity index is 591. The lowest BCUT2D eigenvalue weighted by molar-refractivity contribution is 0.0990. The first kappa shape index (κ1) is 13.3. The van der Waals surface area contributed by atoms with Gasteiger partial charge in [0.2, 0.25) is 0 Å². The van der Waals surface area contributed by atoms with Crippen LogP contribution in [0.15, 0.2) is 24.4 Å². The summed E-state index contributed by atoms with van der Waals surface area (Å²) in [6.07, 6.45) is 3.08. The highest BCUT2D eigenvalue weighted by Gasteiger charge is 2.12. The summed E-state index contributed by atoms with van der Waals surface area (Å²) in [4.78, 5) is 16.5. The van der Waals surface area contributed by atoms with Gasteiger partial charge in [-0.2, -0.15) is 10.2 Å². The predicted octanol–water partition coefficient (Wildman–Crippen LogP) is 2.48. The van der Waals surface area contributed by atoms with Crippen molar-refractivity contribution in [2.75, 3.05) is 0 Å². The third kappa shape index (κ3) is 3.22. The van der Waals surface area contributed by atoms with Crippen molar-refractivity contribution in [2.45, 2.75) is 33.6 Å². The van der Waals surface area contributed by atoms with Gasteiger partial charge in [0, 0.05) is 17.5 Å². The predicted molar refractivity (Wildman–Crippen MR) is 73.2 cm³/mol. The minimum absolute atomic E-state index is 0.0345. The van der Waals surface area contributed by atoms with E-state index in [0.29, 0.717) is 17.7 Å². The molecule has 0 atom stereocenters. The second-order valence-corrected chi connectivity index (χ2v) is 4.60. The van der Waals surface area contributed by atoms with Gasteiger partial charge in [-0.3, -0.25) is 9.78 Å². The molecule has 0 saturated carbocycles. The van der Waals surface area contributed by atoms with E-state index in [4.69, 9.17) is 0 Å². The number of aryl methyl sites for hydroxylation is 3. The Balaban J connectivity index is 2.18. The number of rotatable bonds is 4. The van der Waals surface area contributed by atoms with Crippen molar-refractivity contribution >= 4 is 5.78 Å². The van der Waals surface area contributed by atoms with E-state index in [-0.39, 0.29) is 5.78 Å². The first-order valence-electron chi connectivity index (χ1n) is 6.38. The molecule has 0 unspecified atom stereocenters. The van der Waals surface area contributed by atoms with E-state index in [1.165, 1.54) is 5.56 Å². The van der Waals surface area contributed by atoms with E-state index in [1.807, 2.05) is 25.3 Å². The van der Waals surface area contributed by atoms with Crippen molar-refractivity contribution in [3.05, 3.63) is 52.6 Å². The molecule has 2 aromatic heterocycles. The van der Waals surface area contributed by atoms with Crippen LogP contribution < -0.4 is 0 Å². The molecule has 0 aliphatic carbocycles. The molecule has 19 heavy (non-hydrogen) atoms. The highest BCUT2D eigenvalue weighted by atomic mass is 16.1. The summed E-state index contributed by atoms with van der Waals surface area (Å²) in [5.41, 5.74) is 4.02. The Hall–Kier alpha value is -2.10. The molecule has 2 heterocycles. The monoisotopic (exact) mass is 255 g/mol. The summed E-state index contributed by atoms with van der Waals surface area (Å²) in [7, 11) is 0. The van der Waals surface area contributed by atoms with Crippen LogP contribution in [0.5, 0.6) is 0 Å². The van der Waals surface area contributed by atoms with Gasteiger partial charge in [-0.15, -0.1) is 0 Å². The van der Waals surface area contributed by atoms with Crippen LogP contribution in [0, 0.1) is 13.8 Å². The lowest BCUT2D eigenvalue weighted by Gasteiger charge is -2.05. The smallest absolute Gasteiger partial charge is 0.170 e. The highest BCUT2D eigenvalue weighted by Crippen LogP contribution is 2.10. The summed E-state index contributed by atoms with van der Waals surface area (Å²) in [6.45, 7) is 5.71. The van der Waals surface area contributed by atoms with Crippen LogP contribution in [-0.2, 0) is 12.8 Å². The minimum atomic E-state index is 0.0345. The summed E-state index contributed by atoms with van der Waals surface area (Å²) in [5, 5.41) is 7.91. The van der Waals surface area contributed by atoms with E-state index in [2.05, 4.69) is 22.1 Å². The SMILES string of the molecule is CCc1ccc(CC(=O)c2cc(C)nnc2C)nc1. The van der Waals surface area contributed by atoms with Crippen molar-refractivity contribution < 1.29 is 4.79 Å². The molecule has 0 aliphatic heterocycles. The van der Waals surface area contributed by atoms with Crippen LogP contribution in [0.3, 0.4) is 0 Å². The minimum Gasteiger partial charge on any atom is -0.294 e. The van der Waals surface area contributed by atoms with Crippen molar-refractivity contribution in [1.82, 2.24) is 15.2 Å². The Labute approximate surface area is 112 Å². The van der Waals surface area contributed by atoms with E-state index in [1.54, 1.807) is 13.0 Å². The van der Waals surface area contributed by atoms with Crippen molar-refractivity contribution in [1.29, 1.82) is 0 Å². The fraction of sp³-hybridized carbons (Fsp3) is 0.333. The van der Waals surface area contributed by atoms with Gasteiger partial charge >= 0.3 is 0 Å². The molecule has 98 valence electrons. The van der Waals surface area contributed by atoms with Gasteiger partial charge in [0.15, 0.2) is 5.78 Å². The fourth-order valence-electron chi connectivity index (χ4n) is 1.86. The molecule has 0 spiro atoms. The molecule has 0 N–H and O–H groups in total. The number of hydrogen-bond donors (Lipinski definition) is 0. The Morgan fingerprint density at radius 2 is 2.00 bits per heavy atom. The number of nitrogens with zero attached hydrogens (tertiary/aromatic N) is 3. The number of carbonyl (C=O) groups excluding carboxylic acids is 1. The highest BCUT2D eigenvalue weighted by molar-refractivity contribution is 5.98. The Morgan fingerprint density at radius 3 is 2.63 bits per heavy atom. The Morgan fingerprint density at radius 1 is 1.21 bits per heavy atom. The molecular formula is C15H17N3O. The standard InChI is InChI=1S/C15H17N3O/c1-4-12-5-6-13(16-9-12)8-15(19)14-7-10(2)17-18-11(14)3/h5-7,9H,4,8H2,1-3H3. The van der Waals surface area contributed by atoms with E-state index in [0.717, 1.165) is 17.8 Å². The fourth-order valence-corrected chi connectivity index (χ4v) is 1.86. The van der Waals surface area contributed by atoms with E-state index < -0.39 is 0 Å². The zero-order valence-corrected chi connectivity index (χ0v) is 11.5. The molecule has 2 aromatic rings. The molecule has 0 aromatic carbocycles. The molecule has 0 bridgehead atoms. The second kappa shape index (κ2) is 5.69. The van der Waals surface area contributed by atoms with Gasteiger partial charge in [0.25, 0.3) is 0 Å². The average molecular weight is 255 g/mol. The van der Waals surface area contributed by atoms with Gasteiger partial charge in [-0.1, -0.05) is 13.0 Å². The summed E-state index contributed by atoms with van der Waals surface area (Å²) in [6, 6.07) is 5.71. The lowest BCUT2D eigenvalue weighted by atomic mass is 10.0. The molecular weight excluding hydrogens is 238 g/mol. The molecule has 0 saturated heterocycles. The maximum Gasteiger partial charge on any atom is 0.170 e. The maximum atomic E-state index is 12.2. The van der Waals surface area contributed by atoms with Gasteiger partial charge in [0.05, 0.1) is 17.8 Å². The zero-order valence-electron chi connectivity index (χ0n) is 11.5. The van der Waals surface area contributed by atoms with Gasteiger partial charge < -0.3 is 0 Å². The Kier molecular flexibility index (Phi) is 4.00. The summed E-state index contributed by atoms with van der Waals surface area (Å²) in [5.74, 6) is 0.0345. The zero-order chi connectivity index (χ0) is 13.8. The van der Waals surface area contributed by atoms with Crippen LogP contribution in [0.2, 0.25) is 0 Å². The van der Waals surface area contributed by atoms with Gasteiger partial charge in [-0.05, 0) is 38.0 Å². The average Bonchev–Trinajstić information content (AvgIpc) is 2.42. The number of pyridine rings is 1. The molecule has 0 fully saturated rings. The van der Waals surface area contributed by atoms with Crippen LogP contribution in [0.4, 0.5) is 0 Å². The van der Waals surface area contributed by atoms with Crippen LogP contribution in [0.1, 0.15) is 39.9 Å². The lowest BCUT2D eigenvalue weighted by Crippen LogP contribution is -2.09. The topological polar surface area (TPSA) is 55.7 Å². The van der Waals surface area contributed by atoms with Crippen molar-refractivity contribution in [2.24, 2.45) is 0 Å². The normalized spacial score (nSPS) is 10.5. The first-order chi connectivity index (χ1) is 9.10. The van der Waals surface area contributed by atoms with Gasteiger partial charge in [0.1, 0.15) is 0 Å². The van der Waals surface area contributed by atoms with Crippen molar-refractivity contribution in [3.63, 3.8) is 0 Å². The largest absolute Gasteiger partial charge is 0.294 e. The second-order valence-electron chi connectivity index (χ2n) is 4.60.